The second-order valence-corrected chi connectivity index (χ2v) is 17.2. The standard InChI is InChI=1S/C25H41NO2Si/c1-22(2,3)29(7,8)27-17-25-13-10-9-11-20(25)24(6)15-18-16-26-28-21(18)23(4,5)19(24)12-14-25/h11,16,19H,9-10,12-15,17H2,1-8H3/t19-,24-,25+/m0/s1. The summed E-state index contributed by atoms with van der Waals surface area (Å²) in [6, 6.07) is 0. The first-order chi connectivity index (χ1) is 13.3. The molecule has 1 saturated carbocycles. The zero-order chi connectivity index (χ0) is 21.3. The fourth-order valence-corrected chi connectivity index (χ4v) is 7.74. The van der Waals surface area contributed by atoms with Crippen molar-refractivity contribution in [1.29, 1.82) is 0 Å². The molecule has 3 atom stereocenters. The van der Waals surface area contributed by atoms with Gasteiger partial charge in [-0.15, -0.1) is 0 Å². The molecule has 4 heteroatoms. The molecule has 1 aromatic rings. The van der Waals surface area contributed by atoms with Crippen LogP contribution in [-0.4, -0.2) is 20.1 Å². The maximum absolute atomic E-state index is 6.89. The van der Waals surface area contributed by atoms with E-state index in [1.165, 1.54) is 37.7 Å². The highest BCUT2D eigenvalue weighted by atomic mass is 28.4. The SMILES string of the molecule is CC1(C)c2oncc2C[C@]2(C)C3=CCCC[C@]3(CO[Si](C)(C)C(C)(C)C)CC[C@@H]12. The molecule has 0 unspecified atom stereocenters. The Morgan fingerprint density at radius 2 is 1.93 bits per heavy atom. The van der Waals surface area contributed by atoms with E-state index < -0.39 is 8.32 Å². The van der Waals surface area contributed by atoms with Crippen LogP contribution in [0.5, 0.6) is 0 Å². The molecule has 0 aliphatic heterocycles. The minimum atomic E-state index is -1.77. The molecule has 0 aromatic carbocycles. The highest BCUT2D eigenvalue weighted by Gasteiger charge is 2.60. The van der Waals surface area contributed by atoms with Crippen LogP contribution >= 0.6 is 0 Å². The smallest absolute Gasteiger partial charge is 0.192 e. The monoisotopic (exact) mass is 415 g/mol. The molecule has 1 fully saturated rings. The molecule has 0 spiro atoms. The summed E-state index contributed by atoms with van der Waals surface area (Å²) in [7, 11) is -1.77. The van der Waals surface area contributed by atoms with Crippen molar-refractivity contribution in [3.63, 3.8) is 0 Å². The molecule has 0 bridgehead atoms. The van der Waals surface area contributed by atoms with Crippen LogP contribution in [0.1, 0.15) is 85.0 Å². The lowest BCUT2D eigenvalue weighted by atomic mass is 9.44. The summed E-state index contributed by atoms with van der Waals surface area (Å²) in [6.07, 6.45) is 12.0. The summed E-state index contributed by atoms with van der Waals surface area (Å²) in [5, 5.41) is 4.45. The Balaban J connectivity index is 1.71. The van der Waals surface area contributed by atoms with Gasteiger partial charge in [-0.1, -0.05) is 58.3 Å². The van der Waals surface area contributed by atoms with Crippen molar-refractivity contribution in [1.82, 2.24) is 5.16 Å². The quantitative estimate of drug-likeness (QED) is 0.392. The van der Waals surface area contributed by atoms with Gasteiger partial charge in [0.1, 0.15) is 5.76 Å². The van der Waals surface area contributed by atoms with E-state index in [9.17, 15) is 0 Å². The summed E-state index contributed by atoms with van der Waals surface area (Å²) >= 11 is 0. The Hall–Kier alpha value is -0.873. The number of fused-ring (bicyclic) bond motifs is 4. The summed E-state index contributed by atoms with van der Waals surface area (Å²) in [5.41, 5.74) is 3.46. The van der Waals surface area contributed by atoms with Gasteiger partial charge in [0.2, 0.25) is 0 Å². The summed E-state index contributed by atoms with van der Waals surface area (Å²) in [5.74, 6) is 1.72. The maximum Gasteiger partial charge on any atom is 0.192 e. The zero-order valence-corrected chi connectivity index (χ0v) is 20.9. The predicted octanol–water partition coefficient (Wildman–Crippen LogP) is 7.04. The van der Waals surface area contributed by atoms with E-state index in [1.54, 1.807) is 5.57 Å². The van der Waals surface area contributed by atoms with E-state index in [0.717, 1.165) is 18.8 Å². The van der Waals surface area contributed by atoms with Crippen LogP contribution < -0.4 is 0 Å². The summed E-state index contributed by atoms with van der Waals surface area (Å²) in [6.45, 7) is 20.1. The molecule has 29 heavy (non-hydrogen) atoms. The summed E-state index contributed by atoms with van der Waals surface area (Å²) in [4.78, 5) is 0. The number of nitrogens with zero attached hydrogens (tertiary/aromatic N) is 1. The minimum Gasteiger partial charge on any atom is -0.416 e. The Labute approximate surface area is 178 Å². The number of allylic oxidation sites excluding steroid dienone is 1. The maximum atomic E-state index is 6.89. The average molecular weight is 416 g/mol. The Morgan fingerprint density at radius 3 is 2.62 bits per heavy atom. The van der Waals surface area contributed by atoms with Crippen LogP contribution in [0.2, 0.25) is 18.1 Å². The number of aromatic nitrogens is 1. The van der Waals surface area contributed by atoms with Gasteiger partial charge in [-0.3, -0.25) is 0 Å². The lowest BCUT2D eigenvalue weighted by Gasteiger charge is -2.60. The third-order valence-corrected chi connectivity index (χ3v) is 13.7. The van der Waals surface area contributed by atoms with Gasteiger partial charge in [0.05, 0.1) is 6.20 Å². The number of hydrogen-bond donors (Lipinski definition) is 0. The van der Waals surface area contributed by atoms with Crippen LogP contribution in [0.4, 0.5) is 0 Å². The van der Waals surface area contributed by atoms with Crippen molar-refractivity contribution in [2.45, 2.75) is 104 Å². The van der Waals surface area contributed by atoms with Crippen molar-refractivity contribution in [2.75, 3.05) is 6.61 Å². The highest BCUT2D eigenvalue weighted by Crippen LogP contribution is 2.65. The van der Waals surface area contributed by atoms with E-state index in [2.05, 4.69) is 65.9 Å². The fraction of sp³-hybridized carbons (Fsp3) is 0.800. The zero-order valence-electron chi connectivity index (χ0n) is 19.9. The molecule has 0 saturated heterocycles. The molecule has 3 nitrogen and oxygen atoms in total. The van der Waals surface area contributed by atoms with Crippen molar-refractivity contribution in [2.24, 2.45) is 16.7 Å². The van der Waals surface area contributed by atoms with Crippen LogP contribution in [0.15, 0.2) is 22.4 Å². The van der Waals surface area contributed by atoms with E-state index in [1.807, 2.05) is 6.20 Å². The largest absolute Gasteiger partial charge is 0.416 e. The highest BCUT2D eigenvalue weighted by molar-refractivity contribution is 6.74. The summed E-state index contributed by atoms with van der Waals surface area (Å²) < 4.78 is 12.7. The lowest BCUT2D eigenvalue weighted by Crippen LogP contribution is -2.56. The molecule has 0 N–H and O–H groups in total. The van der Waals surface area contributed by atoms with Crippen LogP contribution in [0, 0.1) is 16.7 Å². The Bertz CT molecular complexity index is 815. The topological polar surface area (TPSA) is 35.3 Å². The van der Waals surface area contributed by atoms with E-state index in [4.69, 9.17) is 8.95 Å². The molecule has 3 aliphatic carbocycles. The van der Waals surface area contributed by atoms with E-state index in [-0.39, 0.29) is 21.3 Å². The normalized spacial score (nSPS) is 34.1. The van der Waals surface area contributed by atoms with Gasteiger partial charge >= 0.3 is 0 Å². The van der Waals surface area contributed by atoms with Crippen LogP contribution in [-0.2, 0) is 16.3 Å². The molecule has 1 aromatic heterocycles. The second kappa shape index (κ2) is 6.56. The second-order valence-electron chi connectivity index (χ2n) is 12.4. The van der Waals surface area contributed by atoms with Crippen molar-refractivity contribution in [3.05, 3.63) is 29.2 Å². The predicted molar refractivity (Wildman–Crippen MR) is 122 cm³/mol. The van der Waals surface area contributed by atoms with Crippen molar-refractivity contribution >= 4 is 8.32 Å². The first kappa shape index (κ1) is 21.4. The number of hydrogen-bond acceptors (Lipinski definition) is 3. The van der Waals surface area contributed by atoms with Crippen LogP contribution in [0.25, 0.3) is 0 Å². The van der Waals surface area contributed by atoms with E-state index >= 15 is 0 Å². The third-order valence-electron chi connectivity index (χ3n) is 9.25. The van der Waals surface area contributed by atoms with Gasteiger partial charge in [-0.25, -0.2) is 0 Å². The third kappa shape index (κ3) is 3.12. The molecule has 3 aliphatic rings. The van der Waals surface area contributed by atoms with Gasteiger partial charge in [-0.2, -0.15) is 0 Å². The van der Waals surface area contributed by atoms with Gasteiger partial charge in [0.25, 0.3) is 0 Å². The van der Waals surface area contributed by atoms with Gasteiger partial charge < -0.3 is 8.95 Å². The first-order valence-corrected chi connectivity index (χ1v) is 14.5. The van der Waals surface area contributed by atoms with Crippen LogP contribution in [0.3, 0.4) is 0 Å². The van der Waals surface area contributed by atoms with Crippen molar-refractivity contribution < 1.29 is 8.95 Å². The van der Waals surface area contributed by atoms with Crippen molar-refractivity contribution in [3.8, 4) is 0 Å². The van der Waals surface area contributed by atoms with Gasteiger partial charge in [-0.05, 0) is 68.0 Å². The molecule has 162 valence electrons. The molecule has 0 radical (unpaired) electrons. The Morgan fingerprint density at radius 1 is 1.21 bits per heavy atom. The fourth-order valence-electron chi connectivity index (χ4n) is 6.67. The minimum absolute atomic E-state index is 0.0313. The lowest BCUT2D eigenvalue weighted by molar-refractivity contribution is -0.00425. The first-order valence-electron chi connectivity index (χ1n) is 11.6. The molecule has 4 rings (SSSR count). The van der Waals surface area contributed by atoms with Gasteiger partial charge in [0, 0.05) is 23.0 Å². The molecule has 1 heterocycles. The van der Waals surface area contributed by atoms with E-state index in [0.29, 0.717) is 5.92 Å². The molecule has 0 amide bonds. The number of rotatable bonds is 3. The Kier molecular flexibility index (Phi) is 4.83. The molecular formula is C25H41NO2Si. The van der Waals surface area contributed by atoms with Gasteiger partial charge in [0.15, 0.2) is 8.32 Å². The molecular weight excluding hydrogens is 374 g/mol. The average Bonchev–Trinajstić information content (AvgIpc) is 3.08.